The summed E-state index contributed by atoms with van der Waals surface area (Å²) in [6, 6.07) is 14.8. The first kappa shape index (κ1) is 16.3. The van der Waals surface area contributed by atoms with Crippen molar-refractivity contribution in [3.8, 4) is 34.4 Å². The summed E-state index contributed by atoms with van der Waals surface area (Å²) in [5, 5.41) is 13.1. The van der Waals surface area contributed by atoms with Crippen LogP contribution in [0.25, 0.3) is 28.7 Å². The van der Waals surface area contributed by atoms with Gasteiger partial charge in [0.25, 0.3) is 5.89 Å². The maximum absolute atomic E-state index is 5.91. The molecule has 0 unspecified atom stereocenters. The molecular weight excluding hydrogens is 354 g/mol. The quantitative estimate of drug-likeness (QED) is 0.543. The van der Waals surface area contributed by atoms with Gasteiger partial charge in [-0.2, -0.15) is 4.98 Å². The molecular formula is C18H14ClN5O2. The van der Waals surface area contributed by atoms with Crippen molar-refractivity contribution in [2.24, 2.45) is 0 Å². The summed E-state index contributed by atoms with van der Waals surface area (Å²) in [4.78, 5) is 4.42. The number of ether oxygens (including phenoxy) is 1. The van der Waals surface area contributed by atoms with Crippen LogP contribution in [0.3, 0.4) is 0 Å². The summed E-state index contributed by atoms with van der Waals surface area (Å²) < 4.78 is 12.3. The molecule has 0 saturated carbocycles. The van der Waals surface area contributed by atoms with Crippen LogP contribution in [-0.4, -0.2) is 32.2 Å². The van der Waals surface area contributed by atoms with Gasteiger partial charge < -0.3 is 9.26 Å². The van der Waals surface area contributed by atoms with Crippen molar-refractivity contribution in [2.75, 3.05) is 7.11 Å². The van der Waals surface area contributed by atoms with E-state index in [1.165, 1.54) is 0 Å². The van der Waals surface area contributed by atoms with Gasteiger partial charge in [0.2, 0.25) is 5.82 Å². The van der Waals surface area contributed by atoms with Crippen LogP contribution in [-0.2, 0) is 0 Å². The summed E-state index contributed by atoms with van der Waals surface area (Å²) in [5.74, 6) is 1.51. The van der Waals surface area contributed by atoms with Gasteiger partial charge in [-0.05, 0) is 43.3 Å². The van der Waals surface area contributed by atoms with Crippen molar-refractivity contribution < 1.29 is 9.26 Å². The third-order valence-corrected chi connectivity index (χ3v) is 4.18. The van der Waals surface area contributed by atoms with E-state index in [2.05, 4.69) is 20.5 Å². The molecule has 0 N–H and O–H groups in total. The second-order valence-electron chi connectivity index (χ2n) is 5.57. The van der Waals surface area contributed by atoms with Crippen LogP contribution in [0.1, 0.15) is 5.69 Å². The minimum atomic E-state index is 0.307. The Morgan fingerprint density at radius 3 is 2.69 bits per heavy atom. The van der Waals surface area contributed by atoms with E-state index in [4.69, 9.17) is 20.9 Å². The summed E-state index contributed by atoms with van der Waals surface area (Å²) in [5.41, 5.74) is 2.95. The number of rotatable bonds is 4. The first-order chi connectivity index (χ1) is 12.7. The molecule has 2 aromatic carbocycles. The first-order valence-electron chi connectivity index (χ1n) is 7.82. The topological polar surface area (TPSA) is 78.9 Å². The van der Waals surface area contributed by atoms with E-state index < -0.39 is 0 Å². The lowest BCUT2D eigenvalue weighted by Crippen LogP contribution is -1.99. The van der Waals surface area contributed by atoms with Gasteiger partial charge in [-0.25, -0.2) is 4.68 Å². The largest absolute Gasteiger partial charge is 0.497 e. The molecule has 0 bridgehead atoms. The zero-order chi connectivity index (χ0) is 18.1. The van der Waals surface area contributed by atoms with Crippen molar-refractivity contribution >= 4 is 11.6 Å². The number of halogens is 1. The second kappa shape index (κ2) is 6.61. The van der Waals surface area contributed by atoms with E-state index >= 15 is 0 Å². The highest BCUT2D eigenvalue weighted by Crippen LogP contribution is 2.26. The van der Waals surface area contributed by atoms with E-state index in [0.717, 1.165) is 22.7 Å². The SMILES string of the molecule is COc1cccc(-n2nnc(-c3nc(-c4ccc(Cl)cc4)no3)c2C)c1. The molecule has 8 heteroatoms. The maximum atomic E-state index is 5.91. The molecule has 0 spiro atoms. The van der Waals surface area contributed by atoms with E-state index in [0.29, 0.717) is 22.4 Å². The van der Waals surface area contributed by atoms with E-state index in [1.807, 2.05) is 43.3 Å². The average Bonchev–Trinajstić information content (AvgIpc) is 3.29. The Morgan fingerprint density at radius 1 is 1.12 bits per heavy atom. The number of hydrogen-bond acceptors (Lipinski definition) is 6. The zero-order valence-electron chi connectivity index (χ0n) is 14.0. The Labute approximate surface area is 154 Å². The smallest absolute Gasteiger partial charge is 0.280 e. The molecule has 0 amide bonds. The molecule has 4 rings (SSSR count). The summed E-state index contributed by atoms with van der Waals surface area (Å²) >= 11 is 5.91. The van der Waals surface area contributed by atoms with Crippen molar-refractivity contribution in [3.63, 3.8) is 0 Å². The van der Waals surface area contributed by atoms with Gasteiger partial charge in [0, 0.05) is 16.7 Å². The standard InChI is InChI=1S/C18H14ClN5O2/c1-11-16(21-23-24(11)14-4-3-5-15(10-14)25-2)18-20-17(22-26-18)12-6-8-13(19)9-7-12/h3-10H,1-2H3. The molecule has 0 atom stereocenters. The van der Waals surface area contributed by atoms with Crippen LogP contribution in [0.5, 0.6) is 5.75 Å². The average molecular weight is 368 g/mol. The number of nitrogens with zero attached hydrogens (tertiary/aromatic N) is 5. The number of benzene rings is 2. The Kier molecular flexibility index (Phi) is 4.14. The first-order valence-corrected chi connectivity index (χ1v) is 8.20. The highest BCUT2D eigenvalue weighted by atomic mass is 35.5. The van der Waals surface area contributed by atoms with E-state index in [-0.39, 0.29) is 0 Å². The summed E-state index contributed by atoms with van der Waals surface area (Å²) in [6.07, 6.45) is 0. The van der Waals surface area contributed by atoms with Crippen LogP contribution < -0.4 is 4.74 Å². The van der Waals surface area contributed by atoms with Gasteiger partial charge in [-0.1, -0.05) is 28.0 Å². The van der Waals surface area contributed by atoms with Crippen LogP contribution in [0, 0.1) is 6.92 Å². The highest BCUT2D eigenvalue weighted by Gasteiger charge is 2.19. The van der Waals surface area contributed by atoms with E-state index in [1.54, 1.807) is 23.9 Å². The zero-order valence-corrected chi connectivity index (χ0v) is 14.8. The van der Waals surface area contributed by atoms with E-state index in [9.17, 15) is 0 Å². The molecule has 0 aliphatic rings. The lowest BCUT2D eigenvalue weighted by molar-refractivity contribution is 0.414. The molecule has 0 fully saturated rings. The molecule has 130 valence electrons. The van der Waals surface area contributed by atoms with Crippen molar-refractivity contribution in [3.05, 3.63) is 59.2 Å². The molecule has 2 heterocycles. The minimum absolute atomic E-state index is 0.307. The molecule has 0 aliphatic heterocycles. The lowest BCUT2D eigenvalue weighted by atomic mass is 10.2. The Bertz CT molecular complexity index is 1060. The summed E-state index contributed by atoms with van der Waals surface area (Å²) in [6.45, 7) is 1.89. The minimum Gasteiger partial charge on any atom is -0.497 e. The van der Waals surface area contributed by atoms with Crippen LogP contribution in [0.2, 0.25) is 5.02 Å². The third kappa shape index (κ3) is 2.93. The Balaban J connectivity index is 1.69. The fourth-order valence-electron chi connectivity index (χ4n) is 2.55. The lowest BCUT2D eigenvalue weighted by Gasteiger charge is -2.05. The third-order valence-electron chi connectivity index (χ3n) is 3.92. The molecule has 0 saturated heterocycles. The van der Waals surface area contributed by atoms with Gasteiger partial charge in [0.15, 0.2) is 5.69 Å². The number of hydrogen-bond donors (Lipinski definition) is 0. The molecule has 26 heavy (non-hydrogen) atoms. The second-order valence-corrected chi connectivity index (χ2v) is 6.00. The molecule has 0 aliphatic carbocycles. The van der Waals surface area contributed by atoms with Crippen LogP contribution in [0.4, 0.5) is 0 Å². The maximum Gasteiger partial charge on any atom is 0.280 e. The van der Waals surface area contributed by atoms with Gasteiger partial charge in [-0.15, -0.1) is 5.10 Å². The fourth-order valence-corrected chi connectivity index (χ4v) is 2.68. The van der Waals surface area contributed by atoms with Crippen molar-refractivity contribution in [1.82, 2.24) is 25.1 Å². The fraction of sp³-hybridized carbons (Fsp3) is 0.111. The Morgan fingerprint density at radius 2 is 1.92 bits per heavy atom. The molecule has 4 aromatic rings. The number of aromatic nitrogens is 5. The highest BCUT2D eigenvalue weighted by molar-refractivity contribution is 6.30. The van der Waals surface area contributed by atoms with Crippen molar-refractivity contribution in [1.29, 1.82) is 0 Å². The monoisotopic (exact) mass is 367 g/mol. The molecule has 0 radical (unpaired) electrons. The predicted molar refractivity (Wildman–Crippen MR) is 96.4 cm³/mol. The van der Waals surface area contributed by atoms with Gasteiger partial charge in [0.05, 0.1) is 18.5 Å². The molecule has 7 nitrogen and oxygen atoms in total. The normalized spacial score (nSPS) is 10.9. The molecule has 2 aromatic heterocycles. The summed E-state index contributed by atoms with van der Waals surface area (Å²) in [7, 11) is 1.62. The van der Waals surface area contributed by atoms with Gasteiger partial charge in [-0.3, -0.25) is 0 Å². The van der Waals surface area contributed by atoms with Crippen LogP contribution in [0.15, 0.2) is 53.1 Å². The van der Waals surface area contributed by atoms with Crippen LogP contribution >= 0.6 is 11.6 Å². The Hall–Kier alpha value is -3.19. The number of methoxy groups -OCH3 is 1. The van der Waals surface area contributed by atoms with Gasteiger partial charge in [0.1, 0.15) is 5.75 Å². The van der Waals surface area contributed by atoms with Gasteiger partial charge >= 0.3 is 0 Å². The predicted octanol–water partition coefficient (Wildman–Crippen LogP) is 3.95. The van der Waals surface area contributed by atoms with Crippen molar-refractivity contribution in [2.45, 2.75) is 6.92 Å².